The van der Waals surface area contributed by atoms with Crippen molar-refractivity contribution < 1.29 is 9.53 Å². The summed E-state index contributed by atoms with van der Waals surface area (Å²) in [6.45, 7) is 1.70. The molecular weight excluding hydrogens is 336 g/mol. The first-order chi connectivity index (χ1) is 12.6. The number of ether oxygens (including phenoxy) is 1. The van der Waals surface area contributed by atoms with E-state index >= 15 is 0 Å². The molecule has 2 aromatic heterocycles. The Labute approximate surface area is 148 Å². The number of nitrogens with one attached hydrogen (secondary N) is 1. The Morgan fingerprint density at radius 3 is 2.65 bits per heavy atom. The smallest absolute Gasteiger partial charge is 0.331 e. The summed E-state index contributed by atoms with van der Waals surface area (Å²) in [5, 5.41) is 3.07. The van der Waals surface area contributed by atoms with Crippen LogP contribution in [0.1, 0.15) is 6.92 Å². The minimum absolute atomic E-state index is 0.223. The van der Waals surface area contributed by atoms with E-state index in [0.717, 1.165) is 4.57 Å². The lowest BCUT2D eigenvalue weighted by atomic mass is 10.2. The highest BCUT2D eigenvalue weighted by atomic mass is 16.5. The quantitative estimate of drug-likeness (QED) is 0.743. The lowest BCUT2D eigenvalue weighted by molar-refractivity contribution is -0.116. The molecular formula is C18H18N4O4. The predicted molar refractivity (Wildman–Crippen MR) is 97.6 cm³/mol. The fourth-order valence-corrected chi connectivity index (χ4v) is 2.78. The number of pyridine rings is 1. The van der Waals surface area contributed by atoms with E-state index in [2.05, 4.69) is 10.3 Å². The molecule has 3 rings (SSSR count). The Bertz CT molecular complexity index is 1080. The molecule has 0 bridgehead atoms. The van der Waals surface area contributed by atoms with Gasteiger partial charge < -0.3 is 10.1 Å². The van der Waals surface area contributed by atoms with Crippen LogP contribution in [0.25, 0.3) is 10.9 Å². The Balaban J connectivity index is 2.02. The van der Waals surface area contributed by atoms with E-state index in [9.17, 15) is 14.4 Å². The van der Waals surface area contributed by atoms with Crippen LogP contribution in [-0.2, 0) is 17.9 Å². The molecule has 0 fully saturated rings. The van der Waals surface area contributed by atoms with Gasteiger partial charge in [0.15, 0.2) is 0 Å². The number of hydrogen-bond donors (Lipinski definition) is 1. The van der Waals surface area contributed by atoms with E-state index < -0.39 is 11.6 Å². The highest BCUT2D eigenvalue weighted by Crippen LogP contribution is 2.19. The Morgan fingerprint density at radius 2 is 1.92 bits per heavy atom. The van der Waals surface area contributed by atoms with Crippen molar-refractivity contribution >= 4 is 22.5 Å². The minimum atomic E-state index is -0.524. The molecule has 0 saturated heterocycles. The zero-order valence-corrected chi connectivity index (χ0v) is 14.4. The summed E-state index contributed by atoms with van der Waals surface area (Å²) >= 11 is 0. The molecule has 0 saturated carbocycles. The molecule has 0 radical (unpaired) electrons. The van der Waals surface area contributed by atoms with E-state index in [1.54, 1.807) is 49.5 Å². The summed E-state index contributed by atoms with van der Waals surface area (Å²) in [5.41, 5.74) is -0.0649. The maximum absolute atomic E-state index is 12.7. The molecule has 26 heavy (non-hydrogen) atoms. The molecule has 8 nitrogen and oxygen atoms in total. The summed E-state index contributed by atoms with van der Waals surface area (Å²) in [5.74, 6) is -0.151. The molecule has 0 atom stereocenters. The molecule has 8 heteroatoms. The molecule has 134 valence electrons. The third-order valence-electron chi connectivity index (χ3n) is 3.99. The molecule has 1 N–H and O–H groups in total. The number of carbonyl (C=O) groups excluding carboxylic acids is 1. The summed E-state index contributed by atoms with van der Waals surface area (Å²) in [6.07, 6.45) is 1.55. The molecule has 1 aromatic carbocycles. The van der Waals surface area contributed by atoms with Crippen molar-refractivity contribution in [2.45, 2.75) is 20.0 Å². The normalized spacial score (nSPS) is 10.7. The fraction of sp³-hybridized carbons (Fsp3) is 0.222. The van der Waals surface area contributed by atoms with Crippen molar-refractivity contribution in [2.75, 3.05) is 12.4 Å². The van der Waals surface area contributed by atoms with Crippen LogP contribution in [0.15, 0.2) is 52.2 Å². The summed E-state index contributed by atoms with van der Waals surface area (Å²) in [6, 6.07) is 10.0. The van der Waals surface area contributed by atoms with E-state index in [4.69, 9.17) is 4.74 Å². The van der Waals surface area contributed by atoms with Gasteiger partial charge in [-0.2, -0.15) is 0 Å². The largest absolute Gasteiger partial charge is 0.480 e. The zero-order chi connectivity index (χ0) is 18.7. The van der Waals surface area contributed by atoms with E-state index in [0.29, 0.717) is 16.6 Å². The lowest BCUT2D eigenvalue weighted by Crippen LogP contribution is -2.41. The topological polar surface area (TPSA) is 95.2 Å². The molecule has 0 aliphatic heterocycles. The van der Waals surface area contributed by atoms with Gasteiger partial charge in [-0.3, -0.25) is 18.7 Å². The highest BCUT2D eigenvalue weighted by molar-refractivity contribution is 5.92. The van der Waals surface area contributed by atoms with Gasteiger partial charge in [-0.1, -0.05) is 12.1 Å². The van der Waals surface area contributed by atoms with Crippen molar-refractivity contribution in [2.24, 2.45) is 0 Å². The average Bonchev–Trinajstić information content (AvgIpc) is 2.66. The summed E-state index contributed by atoms with van der Waals surface area (Å²) in [7, 11) is 1.45. The van der Waals surface area contributed by atoms with E-state index in [-0.39, 0.29) is 24.5 Å². The third-order valence-corrected chi connectivity index (χ3v) is 3.99. The zero-order valence-electron chi connectivity index (χ0n) is 14.4. The number of fused-ring (bicyclic) bond motifs is 1. The van der Waals surface area contributed by atoms with Crippen LogP contribution in [0.5, 0.6) is 5.88 Å². The second-order valence-electron chi connectivity index (χ2n) is 5.54. The SMILES string of the molecule is CCn1c(=O)c2ccccc2n(CC(=O)Nc2cccnc2OC)c1=O. The maximum Gasteiger partial charge on any atom is 0.331 e. The number of aromatic nitrogens is 3. The third kappa shape index (κ3) is 3.08. The number of para-hydroxylation sites is 1. The number of benzene rings is 1. The van der Waals surface area contributed by atoms with E-state index in [1.807, 2.05) is 0 Å². The van der Waals surface area contributed by atoms with Gasteiger partial charge in [-0.05, 0) is 31.2 Å². The highest BCUT2D eigenvalue weighted by Gasteiger charge is 2.15. The van der Waals surface area contributed by atoms with Crippen LogP contribution < -0.4 is 21.3 Å². The van der Waals surface area contributed by atoms with E-state index in [1.165, 1.54) is 11.7 Å². The molecule has 0 aliphatic carbocycles. The van der Waals surface area contributed by atoms with Crippen LogP contribution in [0, 0.1) is 0 Å². The first-order valence-electron chi connectivity index (χ1n) is 8.08. The van der Waals surface area contributed by atoms with Crippen LogP contribution in [0.3, 0.4) is 0 Å². The van der Waals surface area contributed by atoms with Gasteiger partial charge in [0.1, 0.15) is 12.2 Å². The van der Waals surface area contributed by atoms with Crippen LogP contribution in [0.2, 0.25) is 0 Å². The predicted octanol–water partition coefficient (Wildman–Crippen LogP) is 1.23. The first-order valence-corrected chi connectivity index (χ1v) is 8.08. The van der Waals surface area contributed by atoms with Crippen molar-refractivity contribution in [3.8, 4) is 5.88 Å². The van der Waals surface area contributed by atoms with Gasteiger partial charge in [-0.15, -0.1) is 0 Å². The van der Waals surface area contributed by atoms with Crippen LogP contribution in [0.4, 0.5) is 5.69 Å². The van der Waals surface area contributed by atoms with Gasteiger partial charge in [0.2, 0.25) is 11.8 Å². The summed E-state index contributed by atoms with van der Waals surface area (Å²) < 4.78 is 7.50. The standard InChI is InChI=1S/C18H18N4O4/c1-3-21-17(24)12-7-4-5-9-14(12)22(18(21)25)11-15(23)20-13-8-6-10-19-16(13)26-2/h4-10H,3,11H2,1-2H3,(H,20,23). The fourth-order valence-electron chi connectivity index (χ4n) is 2.78. The number of hydrogen-bond acceptors (Lipinski definition) is 5. The van der Waals surface area contributed by atoms with Gasteiger partial charge in [-0.25, -0.2) is 9.78 Å². The van der Waals surface area contributed by atoms with Gasteiger partial charge in [0.25, 0.3) is 5.56 Å². The van der Waals surface area contributed by atoms with Crippen molar-refractivity contribution in [3.63, 3.8) is 0 Å². The van der Waals surface area contributed by atoms with Crippen molar-refractivity contribution in [1.82, 2.24) is 14.1 Å². The Kier molecular flexibility index (Phi) is 4.83. The molecule has 1 amide bonds. The number of anilines is 1. The van der Waals surface area contributed by atoms with Gasteiger partial charge >= 0.3 is 5.69 Å². The molecule has 0 aliphatic rings. The number of methoxy groups -OCH3 is 1. The Hall–Kier alpha value is -3.42. The number of carbonyl (C=O) groups is 1. The molecule has 0 unspecified atom stereocenters. The lowest BCUT2D eigenvalue weighted by Gasteiger charge is -2.14. The number of amides is 1. The number of nitrogens with zero attached hydrogens (tertiary/aromatic N) is 3. The molecule has 3 aromatic rings. The van der Waals surface area contributed by atoms with Crippen molar-refractivity contribution in [1.29, 1.82) is 0 Å². The number of rotatable bonds is 5. The second-order valence-corrected chi connectivity index (χ2v) is 5.54. The second kappa shape index (κ2) is 7.22. The first kappa shape index (κ1) is 17.4. The van der Waals surface area contributed by atoms with Crippen LogP contribution in [-0.4, -0.2) is 27.1 Å². The molecule has 2 heterocycles. The van der Waals surface area contributed by atoms with Crippen LogP contribution >= 0.6 is 0 Å². The molecule has 0 spiro atoms. The van der Waals surface area contributed by atoms with Gasteiger partial charge in [0, 0.05) is 12.7 Å². The van der Waals surface area contributed by atoms with Crippen molar-refractivity contribution in [3.05, 3.63) is 63.4 Å². The maximum atomic E-state index is 12.7. The van der Waals surface area contributed by atoms with Gasteiger partial charge in [0.05, 0.1) is 18.0 Å². The average molecular weight is 354 g/mol. The Morgan fingerprint density at radius 1 is 1.15 bits per heavy atom. The minimum Gasteiger partial charge on any atom is -0.480 e. The monoisotopic (exact) mass is 354 g/mol. The summed E-state index contributed by atoms with van der Waals surface area (Å²) in [4.78, 5) is 41.6.